The summed E-state index contributed by atoms with van der Waals surface area (Å²) in [5.74, 6) is -1.06. The molecule has 1 aromatic heterocycles. The Hall–Kier alpha value is -4.58. The number of methoxy groups -OCH3 is 1. The van der Waals surface area contributed by atoms with E-state index in [9.17, 15) is 19.5 Å². The Balaban J connectivity index is 1.69. The van der Waals surface area contributed by atoms with Gasteiger partial charge in [0.05, 0.1) is 37.6 Å². The van der Waals surface area contributed by atoms with Crippen molar-refractivity contribution in [1.29, 1.82) is 0 Å². The fraction of sp³-hybridized carbons (Fsp3) is 0.310. The first kappa shape index (κ1) is 28.0. The van der Waals surface area contributed by atoms with E-state index in [0.717, 1.165) is 11.3 Å². The number of aliphatic hydroxyl groups excluding tert-OH is 1. The van der Waals surface area contributed by atoms with Crippen molar-refractivity contribution in [3.8, 4) is 23.0 Å². The highest BCUT2D eigenvalue weighted by Gasteiger charge is 2.48. The van der Waals surface area contributed by atoms with E-state index in [4.69, 9.17) is 23.7 Å². The maximum absolute atomic E-state index is 13.6. The summed E-state index contributed by atoms with van der Waals surface area (Å²) in [7, 11) is 1.48. The molecule has 3 heterocycles. The van der Waals surface area contributed by atoms with Gasteiger partial charge in [0.1, 0.15) is 23.9 Å². The van der Waals surface area contributed by atoms with Crippen LogP contribution in [0, 0.1) is 6.92 Å². The number of thiazole rings is 1. The van der Waals surface area contributed by atoms with E-state index in [-0.39, 0.29) is 27.8 Å². The van der Waals surface area contributed by atoms with Gasteiger partial charge in [-0.1, -0.05) is 17.4 Å². The van der Waals surface area contributed by atoms with Gasteiger partial charge in [-0.05, 0) is 56.7 Å². The number of carbonyl (C=O) groups is 3. The minimum Gasteiger partial charge on any atom is -0.507 e. The molecule has 2 aliphatic heterocycles. The van der Waals surface area contributed by atoms with Gasteiger partial charge in [-0.2, -0.15) is 0 Å². The summed E-state index contributed by atoms with van der Waals surface area (Å²) in [5.41, 5.74) is 0.899. The number of fused-ring (bicyclic) bond motifs is 1. The summed E-state index contributed by atoms with van der Waals surface area (Å²) in [5, 5.41) is 11.6. The SMILES string of the molecule is CCOC(=O)c1sc(N2C(=O)C(=O)C(=C(O)c3ccc4c(c3)OCCO4)C2c2ccc(OCC)c(OC)c2)nc1C. The second-order valence-electron chi connectivity index (χ2n) is 9.00. The first-order valence-corrected chi connectivity index (χ1v) is 13.8. The monoisotopic (exact) mass is 580 g/mol. The number of ketones is 1. The summed E-state index contributed by atoms with van der Waals surface area (Å²) >= 11 is 0.929. The van der Waals surface area contributed by atoms with Gasteiger partial charge >= 0.3 is 11.9 Å². The molecular weight excluding hydrogens is 552 g/mol. The number of aliphatic hydroxyl groups is 1. The maximum Gasteiger partial charge on any atom is 0.350 e. The molecule has 5 rings (SSSR count). The Morgan fingerprint density at radius 1 is 1.07 bits per heavy atom. The number of nitrogens with zero attached hydrogens (tertiary/aromatic N) is 2. The van der Waals surface area contributed by atoms with E-state index >= 15 is 0 Å². The molecule has 1 unspecified atom stereocenters. The number of anilines is 1. The molecule has 0 radical (unpaired) electrons. The van der Waals surface area contributed by atoms with E-state index < -0.39 is 29.5 Å². The van der Waals surface area contributed by atoms with Crippen LogP contribution in [0.1, 0.15) is 46.4 Å². The van der Waals surface area contributed by atoms with Gasteiger partial charge in [-0.15, -0.1) is 0 Å². The lowest BCUT2D eigenvalue weighted by Crippen LogP contribution is -2.29. The largest absolute Gasteiger partial charge is 0.507 e. The van der Waals surface area contributed by atoms with Crippen LogP contribution in [0.15, 0.2) is 42.0 Å². The molecule has 3 aromatic rings. The topological polar surface area (TPSA) is 134 Å². The van der Waals surface area contributed by atoms with E-state index in [1.807, 2.05) is 6.92 Å². The second kappa shape index (κ2) is 11.5. The molecular formula is C29H28N2O9S. The Labute approximate surface area is 239 Å². The number of Topliss-reactive ketones (excluding diaryl/α,β-unsaturated/α-hetero) is 1. The highest BCUT2D eigenvalue weighted by atomic mass is 32.1. The Morgan fingerprint density at radius 3 is 2.54 bits per heavy atom. The maximum atomic E-state index is 13.6. The van der Waals surface area contributed by atoms with Crippen molar-refractivity contribution < 1.29 is 43.2 Å². The van der Waals surface area contributed by atoms with Crippen LogP contribution in [0.2, 0.25) is 0 Å². The number of aromatic nitrogens is 1. The van der Waals surface area contributed by atoms with Crippen LogP contribution in [-0.4, -0.2) is 61.3 Å². The lowest BCUT2D eigenvalue weighted by molar-refractivity contribution is -0.132. The van der Waals surface area contributed by atoms with Crippen LogP contribution in [0.3, 0.4) is 0 Å². The van der Waals surface area contributed by atoms with Gasteiger partial charge in [0.15, 0.2) is 28.1 Å². The van der Waals surface area contributed by atoms with Crippen molar-refractivity contribution in [3.63, 3.8) is 0 Å². The summed E-state index contributed by atoms with van der Waals surface area (Å²) in [6.45, 7) is 6.42. The van der Waals surface area contributed by atoms with Crippen molar-refractivity contribution in [2.45, 2.75) is 26.8 Å². The molecule has 0 bridgehead atoms. The zero-order chi connectivity index (χ0) is 29.3. The van der Waals surface area contributed by atoms with Crippen LogP contribution in [0.25, 0.3) is 5.76 Å². The van der Waals surface area contributed by atoms with Crippen LogP contribution in [0.4, 0.5) is 5.13 Å². The van der Waals surface area contributed by atoms with Gasteiger partial charge in [0.25, 0.3) is 5.78 Å². The lowest BCUT2D eigenvalue weighted by Gasteiger charge is -2.24. The molecule has 11 nitrogen and oxygen atoms in total. The second-order valence-corrected chi connectivity index (χ2v) is 9.98. The van der Waals surface area contributed by atoms with Crippen molar-refractivity contribution in [1.82, 2.24) is 4.98 Å². The van der Waals surface area contributed by atoms with Crippen LogP contribution >= 0.6 is 11.3 Å². The number of ether oxygens (including phenoxy) is 5. The fourth-order valence-corrected chi connectivity index (χ4v) is 5.68. The minimum absolute atomic E-state index is 0.103. The predicted octanol–water partition coefficient (Wildman–Crippen LogP) is 4.43. The van der Waals surface area contributed by atoms with E-state index in [1.165, 1.54) is 12.0 Å². The molecule has 1 N–H and O–H groups in total. The third-order valence-electron chi connectivity index (χ3n) is 6.52. The van der Waals surface area contributed by atoms with Gasteiger partial charge in [-0.3, -0.25) is 14.5 Å². The number of carbonyl (C=O) groups excluding carboxylic acids is 3. The van der Waals surface area contributed by atoms with Crippen molar-refractivity contribution >= 4 is 39.9 Å². The summed E-state index contributed by atoms with van der Waals surface area (Å²) in [6.07, 6.45) is 0. The third-order valence-corrected chi connectivity index (χ3v) is 7.65. The Morgan fingerprint density at radius 2 is 1.83 bits per heavy atom. The normalized spacial score (nSPS) is 17.5. The van der Waals surface area contributed by atoms with Crippen molar-refractivity contribution in [2.24, 2.45) is 0 Å². The number of amides is 1. The molecule has 1 amide bonds. The number of aryl methyl sites for hydroxylation is 1. The van der Waals surface area contributed by atoms with E-state index in [0.29, 0.717) is 54.1 Å². The quantitative estimate of drug-likeness (QED) is 0.176. The molecule has 1 fully saturated rings. The molecule has 41 heavy (non-hydrogen) atoms. The molecule has 214 valence electrons. The zero-order valence-corrected chi connectivity index (χ0v) is 23.7. The van der Waals surface area contributed by atoms with Gasteiger partial charge in [0.2, 0.25) is 0 Å². The van der Waals surface area contributed by atoms with Crippen molar-refractivity contribution in [3.05, 3.63) is 63.7 Å². The third kappa shape index (κ3) is 5.06. The average molecular weight is 581 g/mol. The molecule has 1 saturated heterocycles. The summed E-state index contributed by atoms with van der Waals surface area (Å²) in [4.78, 5) is 45.5. The predicted molar refractivity (Wildman–Crippen MR) is 149 cm³/mol. The van der Waals surface area contributed by atoms with Gasteiger partial charge in [-0.25, -0.2) is 9.78 Å². The van der Waals surface area contributed by atoms with E-state index in [2.05, 4.69) is 4.98 Å². The van der Waals surface area contributed by atoms with E-state index in [1.54, 1.807) is 50.2 Å². The van der Waals surface area contributed by atoms with Gasteiger partial charge in [0, 0.05) is 5.56 Å². The minimum atomic E-state index is -1.10. The Bertz CT molecular complexity index is 1560. The van der Waals surface area contributed by atoms with Crippen LogP contribution in [-0.2, 0) is 14.3 Å². The Kier molecular flexibility index (Phi) is 7.84. The highest BCUT2D eigenvalue weighted by Crippen LogP contribution is 2.46. The summed E-state index contributed by atoms with van der Waals surface area (Å²) in [6, 6.07) is 8.65. The molecule has 0 aliphatic carbocycles. The van der Waals surface area contributed by atoms with Gasteiger partial charge < -0.3 is 28.8 Å². The molecule has 0 spiro atoms. The smallest absolute Gasteiger partial charge is 0.350 e. The lowest BCUT2D eigenvalue weighted by atomic mass is 9.95. The standard InChI is InChI=1S/C29H28N2O9S/c1-5-37-18-9-7-16(13-20(18)36-4)23-22(24(32)17-8-10-19-21(14-17)40-12-11-39-19)25(33)27(34)31(23)29-30-15(3)26(41-29)28(35)38-6-2/h7-10,13-14,23,32H,5-6,11-12H2,1-4H3. The van der Waals surface area contributed by atoms with Crippen LogP contribution in [0.5, 0.6) is 23.0 Å². The zero-order valence-electron chi connectivity index (χ0n) is 22.9. The first-order chi connectivity index (χ1) is 19.8. The summed E-state index contributed by atoms with van der Waals surface area (Å²) < 4.78 is 27.5. The number of hydrogen-bond acceptors (Lipinski definition) is 11. The molecule has 0 saturated carbocycles. The highest BCUT2D eigenvalue weighted by molar-refractivity contribution is 7.17. The fourth-order valence-electron chi connectivity index (χ4n) is 4.69. The molecule has 2 aliphatic rings. The average Bonchev–Trinajstić information content (AvgIpc) is 3.49. The number of benzene rings is 2. The number of esters is 1. The number of hydrogen-bond donors (Lipinski definition) is 1. The molecule has 2 aromatic carbocycles. The van der Waals surface area contributed by atoms with Crippen LogP contribution < -0.4 is 23.8 Å². The first-order valence-electron chi connectivity index (χ1n) is 12.9. The van der Waals surface area contributed by atoms with Crippen molar-refractivity contribution in [2.75, 3.05) is 38.4 Å². The molecule has 1 atom stereocenters. The number of rotatable bonds is 8. The molecule has 12 heteroatoms.